The first-order chi connectivity index (χ1) is 13.0. The van der Waals surface area contributed by atoms with E-state index in [1.807, 2.05) is 48.5 Å². The molecule has 1 amide bonds. The molecule has 0 atom stereocenters. The molecule has 0 spiro atoms. The van der Waals surface area contributed by atoms with Gasteiger partial charge in [0.2, 0.25) is 5.91 Å². The van der Waals surface area contributed by atoms with Gasteiger partial charge in [-0.2, -0.15) is 0 Å². The van der Waals surface area contributed by atoms with E-state index in [0.717, 1.165) is 26.6 Å². The van der Waals surface area contributed by atoms with Crippen LogP contribution in [0.4, 0.5) is 0 Å². The van der Waals surface area contributed by atoms with Gasteiger partial charge in [-0.25, -0.2) is 0 Å². The number of carbonyl (C=O) groups excluding carboxylic acids is 1. The second-order valence-corrected chi connectivity index (χ2v) is 7.14. The smallest absolute Gasteiger partial charge is 0.303 e. The number of nitrogens with two attached hydrogens (primary N) is 1. The Labute approximate surface area is 161 Å². The monoisotopic (exact) mass is 381 g/mol. The van der Waals surface area contributed by atoms with Gasteiger partial charge in [-0.15, -0.1) is 11.3 Å². The molecule has 0 aliphatic heterocycles. The third kappa shape index (κ3) is 4.95. The van der Waals surface area contributed by atoms with Gasteiger partial charge in [-0.1, -0.05) is 36.4 Å². The molecule has 0 aliphatic carbocycles. The maximum Gasteiger partial charge on any atom is 0.303 e. The first-order valence-corrected chi connectivity index (χ1v) is 9.26. The molecule has 0 unspecified atom stereocenters. The summed E-state index contributed by atoms with van der Waals surface area (Å²) in [6.07, 6.45) is 0.615. The van der Waals surface area contributed by atoms with E-state index in [9.17, 15) is 9.59 Å². The number of carboxylic acid groups (broad SMARTS) is 1. The maximum absolute atomic E-state index is 11.7. The fourth-order valence-electron chi connectivity index (χ4n) is 2.73. The summed E-state index contributed by atoms with van der Waals surface area (Å²) >= 11 is 1.45. The first kappa shape index (κ1) is 18.7. The van der Waals surface area contributed by atoms with Crippen molar-refractivity contribution in [2.45, 2.75) is 19.4 Å². The van der Waals surface area contributed by atoms with Crippen molar-refractivity contribution in [1.82, 2.24) is 0 Å². The minimum absolute atomic E-state index is 0.112. The summed E-state index contributed by atoms with van der Waals surface area (Å²) in [7, 11) is 0. The molecule has 3 aromatic rings. The Kier molecular flexibility index (Phi) is 5.88. The lowest BCUT2D eigenvalue weighted by molar-refractivity contribution is -0.136. The molecule has 6 heteroatoms. The van der Waals surface area contributed by atoms with Gasteiger partial charge in [0.15, 0.2) is 5.06 Å². The third-order valence-corrected chi connectivity index (χ3v) is 5.09. The molecule has 0 radical (unpaired) electrons. The molecule has 1 heterocycles. The minimum atomic E-state index is -0.807. The molecule has 0 fully saturated rings. The van der Waals surface area contributed by atoms with E-state index in [1.54, 1.807) is 12.1 Å². The number of aryl methyl sites for hydroxylation is 1. The first-order valence-electron chi connectivity index (χ1n) is 8.44. The summed E-state index contributed by atoms with van der Waals surface area (Å²) in [4.78, 5) is 23.3. The van der Waals surface area contributed by atoms with Crippen molar-refractivity contribution in [1.29, 1.82) is 0 Å². The van der Waals surface area contributed by atoms with Crippen LogP contribution in [0.15, 0.2) is 60.7 Å². The highest BCUT2D eigenvalue weighted by molar-refractivity contribution is 7.13. The zero-order valence-corrected chi connectivity index (χ0v) is 15.4. The van der Waals surface area contributed by atoms with Crippen molar-refractivity contribution < 1.29 is 19.4 Å². The van der Waals surface area contributed by atoms with Crippen LogP contribution >= 0.6 is 11.3 Å². The minimum Gasteiger partial charge on any atom is -0.481 e. The Bertz CT molecular complexity index is 964. The lowest BCUT2D eigenvalue weighted by Gasteiger charge is -2.09. The fourth-order valence-corrected chi connectivity index (χ4v) is 3.59. The van der Waals surface area contributed by atoms with Crippen molar-refractivity contribution in [3.63, 3.8) is 0 Å². The Morgan fingerprint density at radius 1 is 1.04 bits per heavy atom. The van der Waals surface area contributed by atoms with Crippen LogP contribution in [0, 0.1) is 0 Å². The lowest BCUT2D eigenvalue weighted by Crippen LogP contribution is -2.12. The summed E-state index contributed by atoms with van der Waals surface area (Å²) in [6, 6.07) is 18.8. The standard InChI is InChI=1S/C21H19NO4S/c22-21(25)18-7-2-1-6-17(18)15-5-3-4-14(12-15)13-26-20-11-9-16(27-20)8-10-19(23)24/h1-7,9,11-12H,8,10,13H2,(H2,22,25)(H,23,24). The zero-order valence-electron chi connectivity index (χ0n) is 14.6. The average Bonchev–Trinajstić information content (AvgIpc) is 3.13. The molecule has 27 heavy (non-hydrogen) atoms. The molecule has 5 nitrogen and oxygen atoms in total. The highest BCUT2D eigenvalue weighted by Gasteiger charge is 2.10. The lowest BCUT2D eigenvalue weighted by atomic mass is 9.98. The Balaban J connectivity index is 1.70. The Morgan fingerprint density at radius 3 is 2.63 bits per heavy atom. The van der Waals surface area contributed by atoms with Gasteiger partial charge in [0, 0.05) is 10.4 Å². The SMILES string of the molecule is NC(=O)c1ccccc1-c1cccc(COc2ccc(CCC(=O)O)s2)c1. The van der Waals surface area contributed by atoms with E-state index >= 15 is 0 Å². The van der Waals surface area contributed by atoms with Crippen molar-refractivity contribution in [3.8, 4) is 16.2 Å². The van der Waals surface area contributed by atoms with E-state index < -0.39 is 11.9 Å². The van der Waals surface area contributed by atoms with E-state index in [4.69, 9.17) is 15.6 Å². The van der Waals surface area contributed by atoms with Gasteiger partial charge < -0.3 is 15.6 Å². The quantitative estimate of drug-likeness (QED) is 0.614. The molecular formula is C21H19NO4S. The van der Waals surface area contributed by atoms with Crippen LogP contribution in [0.25, 0.3) is 11.1 Å². The van der Waals surface area contributed by atoms with Crippen molar-refractivity contribution in [3.05, 3.63) is 76.7 Å². The molecule has 3 N–H and O–H groups in total. The maximum atomic E-state index is 11.7. The summed E-state index contributed by atoms with van der Waals surface area (Å²) < 4.78 is 5.83. The van der Waals surface area contributed by atoms with Crippen molar-refractivity contribution >= 4 is 23.2 Å². The van der Waals surface area contributed by atoms with Crippen LogP contribution in [0.2, 0.25) is 0 Å². The highest BCUT2D eigenvalue weighted by Crippen LogP contribution is 2.28. The topological polar surface area (TPSA) is 89.6 Å². The van der Waals surface area contributed by atoms with Gasteiger partial charge in [0.1, 0.15) is 6.61 Å². The number of ether oxygens (including phenoxy) is 1. The molecular weight excluding hydrogens is 362 g/mol. The fraction of sp³-hybridized carbons (Fsp3) is 0.143. The van der Waals surface area contributed by atoms with E-state index in [0.29, 0.717) is 18.6 Å². The van der Waals surface area contributed by atoms with Gasteiger partial charge in [0.05, 0.1) is 6.42 Å². The molecule has 0 bridgehead atoms. The van der Waals surface area contributed by atoms with Gasteiger partial charge in [-0.3, -0.25) is 9.59 Å². The van der Waals surface area contributed by atoms with Crippen LogP contribution in [0.5, 0.6) is 5.06 Å². The van der Waals surface area contributed by atoms with E-state index in [2.05, 4.69) is 0 Å². The molecule has 138 valence electrons. The predicted molar refractivity (Wildman–Crippen MR) is 105 cm³/mol. The van der Waals surface area contributed by atoms with Crippen LogP contribution in [-0.4, -0.2) is 17.0 Å². The summed E-state index contributed by atoms with van der Waals surface area (Å²) in [5.41, 5.74) is 8.61. The number of thiophene rings is 1. The Hall–Kier alpha value is -3.12. The highest BCUT2D eigenvalue weighted by atomic mass is 32.1. The number of amides is 1. The molecule has 0 saturated heterocycles. The van der Waals surface area contributed by atoms with Gasteiger partial charge in [-0.05, 0) is 47.4 Å². The second kappa shape index (κ2) is 8.51. The molecule has 0 saturated carbocycles. The summed E-state index contributed by atoms with van der Waals surface area (Å²) in [5, 5.41) is 9.50. The predicted octanol–water partition coefficient (Wildman–Crippen LogP) is 4.11. The molecule has 2 aromatic carbocycles. The second-order valence-electron chi connectivity index (χ2n) is 6.01. The number of carbonyl (C=O) groups is 2. The number of rotatable bonds is 8. The summed E-state index contributed by atoms with van der Waals surface area (Å²) in [5.74, 6) is -1.27. The Morgan fingerprint density at radius 2 is 1.85 bits per heavy atom. The van der Waals surface area contributed by atoms with Crippen LogP contribution in [0.1, 0.15) is 27.2 Å². The number of benzene rings is 2. The van der Waals surface area contributed by atoms with Crippen molar-refractivity contribution in [2.75, 3.05) is 0 Å². The number of carboxylic acids is 1. The van der Waals surface area contributed by atoms with Crippen LogP contribution in [-0.2, 0) is 17.8 Å². The summed E-state index contributed by atoms with van der Waals surface area (Å²) in [6.45, 7) is 0.380. The normalized spacial score (nSPS) is 10.5. The van der Waals surface area contributed by atoms with Crippen LogP contribution < -0.4 is 10.5 Å². The molecule has 0 aliphatic rings. The van der Waals surface area contributed by atoms with E-state index in [1.165, 1.54) is 11.3 Å². The number of hydrogen-bond donors (Lipinski definition) is 2. The average molecular weight is 381 g/mol. The number of primary amides is 1. The largest absolute Gasteiger partial charge is 0.481 e. The number of hydrogen-bond acceptors (Lipinski definition) is 4. The van der Waals surface area contributed by atoms with Gasteiger partial charge >= 0.3 is 5.97 Å². The third-order valence-electron chi connectivity index (χ3n) is 4.03. The molecule has 1 aromatic heterocycles. The van der Waals surface area contributed by atoms with Crippen molar-refractivity contribution in [2.24, 2.45) is 5.73 Å². The zero-order chi connectivity index (χ0) is 19.2. The molecule has 3 rings (SSSR count). The van der Waals surface area contributed by atoms with Crippen LogP contribution in [0.3, 0.4) is 0 Å². The van der Waals surface area contributed by atoms with Gasteiger partial charge in [0.25, 0.3) is 0 Å². The van der Waals surface area contributed by atoms with E-state index in [-0.39, 0.29) is 6.42 Å². The number of aliphatic carboxylic acids is 1.